The predicted molar refractivity (Wildman–Crippen MR) is 60.2 cm³/mol. The highest BCUT2D eigenvalue weighted by Gasteiger charge is 1.87. The van der Waals surface area contributed by atoms with Crippen LogP contribution in [0.15, 0.2) is 12.1 Å². The SMILES string of the molecule is Ic1cc[c-](I)c1I. The molecule has 0 aliphatic carbocycles. The van der Waals surface area contributed by atoms with Gasteiger partial charge in [0, 0.05) is 0 Å². The third-order valence-corrected chi connectivity index (χ3v) is 5.82. The summed E-state index contributed by atoms with van der Waals surface area (Å²) >= 11 is 7.01. The fourth-order valence-electron chi connectivity index (χ4n) is 0.407. The van der Waals surface area contributed by atoms with Gasteiger partial charge in [0.25, 0.3) is 0 Å². The average molecular weight is 443 g/mol. The van der Waals surface area contributed by atoms with Crippen molar-refractivity contribution >= 4 is 67.8 Å². The minimum absolute atomic E-state index is 1.35. The van der Waals surface area contributed by atoms with E-state index in [0.717, 1.165) is 0 Å². The lowest BCUT2D eigenvalue weighted by Crippen LogP contribution is -1.68. The van der Waals surface area contributed by atoms with E-state index in [4.69, 9.17) is 0 Å². The number of hydrogen-bond acceptors (Lipinski definition) is 0. The maximum absolute atomic E-state index is 2.35. The first-order chi connectivity index (χ1) is 3.72. The average Bonchev–Trinajstić information content (AvgIpc) is 1.98. The Balaban J connectivity index is 3.19. The van der Waals surface area contributed by atoms with Crippen LogP contribution in [-0.2, 0) is 0 Å². The summed E-state index contributed by atoms with van der Waals surface area (Å²) in [6.07, 6.45) is 0. The normalized spacial score (nSPS) is 9.88. The third-order valence-electron chi connectivity index (χ3n) is 0.795. The lowest BCUT2D eigenvalue weighted by molar-refractivity contribution is 1.72. The lowest BCUT2D eigenvalue weighted by Gasteiger charge is -1.93. The summed E-state index contributed by atoms with van der Waals surface area (Å²) in [5.41, 5.74) is 0. The first-order valence-electron chi connectivity index (χ1n) is 1.98. The van der Waals surface area contributed by atoms with Crippen LogP contribution in [0.3, 0.4) is 0 Å². The van der Waals surface area contributed by atoms with Crippen LogP contribution in [0.4, 0.5) is 0 Å². The zero-order chi connectivity index (χ0) is 6.15. The molecule has 0 aliphatic heterocycles. The molecule has 8 heavy (non-hydrogen) atoms. The quantitative estimate of drug-likeness (QED) is 0.427. The van der Waals surface area contributed by atoms with Crippen molar-refractivity contribution in [3.05, 3.63) is 22.8 Å². The van der Waals surface area contributed by atoms with E-state index >= 15 is 0 Å². The molecule has 0 aliphatic rings. The lowest BCUT2D eigenvalue weighted by atomic mass is 10.7. The molecular formula is C5H2I3-. The van der Waals surface area contributed by atoms with E-state index in [1.54, 1.807) is 0 Å². The standard InChI is InChI=1S/C5H2I3/c6-3-1-2-4(7)5(3)8/h1-2H/q-1. The Morgan fingerprint density at radius 1 is 1.38 bits per heavy atom. The molecule has 0 amide bonds. The van der Waals surface area contributed by atoms with Gasteiger partial charge in [-0.3, -0.25) is 0 Å². The van der Waals surface area contributed by atoms with Crippen molar-refractivity contribution in [3.8, 4) is 0 Å². The van der Waals surface area contributed by atoms with Crippen molar-refractivity contribution in [2.45, 2.75) is 0 Å². The van der Waals surface area contributed by atoms with E-state index in [9.17, 15) is 0 Å². The molecule has 0 N–H and O–H groups in total. The molecule has 0 unspecified atom stereocenters. The van der Waals surface area contributed by atoms with Gasteiger partial charge in [-0.1, -0.05) is 29.7 Å². The van der Waals surface area contributed by atoms with Crippen molar-refractivity contribution in [3.63, 3.8) is 0 Å². The van der Waals surface area contributed by atoms with E-state index in [-0.39, 0.29) is 0 Å². The third kappa shape index (κ3) is 1.53. The highest BCUT2D eigenvalue weighted by atomic mass is 127. The highest BCUT2D eigenvalue weighted by molar-refractivity contribution is 14.1. The topological polar surface area (TPSA) is 0 Å². The second-order valence-corrected chi connectivity index (χ2v) is 4.75. The second kappa shape index (κ2) is 3.09. The molecule has 0 fully saturated rings. The summed E-state index contributed by atoms with van der Waals surface area (Å²) < 4.78 is 4.09. The van der Waals surface area contributed by atoms with E-state index < -0.39 is 0 Å². The summed E-state index contributed by atoms with van der Waals surface area (Å²) in [7, 11) is 0. The summed E-state index contributed by atoms with van der Waals surface area (Å²) in [5.74, 6) is 0. The molecule has 3 heteroatoms. The van der Waals surface area contributed by atoms with E-state index in [1.165, 1.54) is 10.7 Å². The van der Waals surface area contributed by atoms with Crippen molar-refractivity contribution in [1.29, 1.82) is 0 Å². The molecule has 0 heterocycles. The van der Waals surface area contributed by atoms with Gasteiger partial charge in [0.15, 0.2) is 0 Å². The van der Waals surface area contributed by atoms with Crippen molar-refractivity contribution in [2.24, 2.45) is 0 Å². The van der Waals surface area contributed by atoms with Crippen LogP contribution in [0.2, 0.25) is 0 Å². The molecule has 0 atom stereocenters. The van der Waals surface area contributed by atoms with Gasteiger partial charge >= 0.3 is 0 Å². The van der Waals surface area contributed by atoms with Crippen molar-refractivity contribution in [2.75, 3.05) is 0 Å². The van der Waals surface area contributed by atoms with Gasteiger partial charge in [0.2, 0.25) is 0 Å². The maximum atomic E-state index is 2.35. The Bertz CT molecular complexity index is 170. The molecule has 1 aromatic carbocycles. The Morgan fingerprint density at radius 3 is 2.12 bits per heavy atom. The molecule has 0 aromatic heterocycles. The predicted octanol–water partition coefficient (Wildman–Crippen LogP) is 3.22. The van der Waals surface area contributed by atoms with Crippen LogP contribution in [0, 0.1) is 10.7 Å². The van der Waals surface area contributed by atoms with Crippen LogP contribution in [0.25, 0.3) is 0 Å². The fourth-order valence-corrected chi connectivity index (χ4v) is 2.22. The molecule has 1 rings (SSSR count). The molecule has 0 spiro atoms. The molecule has 0 saturated carbocycles. The van der Waals surface area contributed by atoms with Gasteiger partial charge in [-0.25, -0.2) is 0 Å². The highest BCUT2D eigenvalue weighted by Crippen LogP contribution is 2.21. The monoisotopic (exact) mass is 443 g/mol. The van der Waals surface area contributed by atoms with Crippen LogP contribution >= 0.6 is 67.8 Å². The van der Waals surface area contributed by atoms with Gasteiger partial charge in [-0.2, -0.15) is 12.1 Å². The maximum Gasteiger partial charge on any atom is -0.0723 e. The van der Waals surface area contributed by atoms with Crippen LogP contribution in [-0.4, -0.2) is 0 Å². The number of rotatable bonds is 0. The van der Waals surface area contributed by atoms with Crippen molar-refractivity contribution in [1.82, 2.24) is 0 Å². The molecule has 0 saturated heterocycles. The molecule has 0 bridgehead atoms. The van der Waals surface area contributed by atoms with Gasteiger partial charge in [-0.15, -0.1) is 48.8 Å². The fraction of sp³-hybridized carbons (Fsp3) is 0. The van der Waals surface area contributed by atoms with Crippen LogP contribution in [0.1, 0.15) is 0 Å². The minimum atomic E-state index is 1.35. The van der Waals surface area contributed by atoms with Gasteiger partial charge in [0.1, 0.15) is 0 Å². The van der Waals surface area contributed by atoms with Crippen molar-refractivity contribution < 1.29 is 0 Å². The Hall–Kier alpha value is 1.54. The van der Waals surface area contributed by atoms with Crippen LogP contribution in [0.5, 0.6) is 0 Å². The molecular weight excluding hydrogens is 441 g/mol. The number of hydrogen-bond donors (Lipinski definition) is 0. The largest absolute Gasteiger partial charge is 0.199 e. The zero-order valence-corrected chi connectivity index (χ0v) is 10.3. The Kier molecular flexibility index (Phi) is 2.95. The minimum Gasteiger partial charge on any atom is -0.199 e. The summed E-state index contributed by atoms with van der Waals surface area (Å²) in [6.45, 7) is 0. The van der Waals surface area contributed by atoms with Gasteiger partial charge in [0.05, 0.1) is 0 Å². The van der Waals surface area contributed by atoms with E-state index in [2.05, 4.69) is 79.9 Å². The van der Waals surface area contributed by atoms with Gasteiger partial charge in [-0.05, 0) is 0 Å². The molecule has 0 radical (unpaired) electrons. The summed E-state index contributed by atoms with van der Waals surface area (Å²) in [5, 5.41) is 0. The Morgan fingerprint density at radius 2 is 2.00 bits per heavy atom. The Labute approximate surface area is 89.2 Å². The molecule has 0 nitrogen and oxygen atoms in total. The van der Waals surface area contributed by atoms with E-state index in [0.29, 0.717) is 0 Å². The molecule has 1 aromatic rings. The summed E-state index contributed by atoms with van der Waals surface area (Å²) in [6, 6.07) is 4.26. The first kappa shape index (κ1) is 7.64. The summed E-state index contributed by atoms with van der Waals surface area (Å²) in [4.78, 5) is 0. The number of halogens is 3. The van der Waals surface area contributed by atoms with E-state index in [1.807, 2.05) is 0 Å². The smallest absolute Gasteiger partial charge is 0.0723 e. The first-order valence-corrected chi connectivity index (χ1v) is 5.21. The second-order valence-electron chi connectivity index (χ2n) is 1.34. The van der Waals surface area contributed by atoms with Gasteiger partial charge < -0.3 is 0 Å². The van der Waals surface area contributed by atoms with Crippen LogP contribution < -0.4 is 0 Å². The molecule has 44 valence electrons. The zero-order valence-electron chi connectivity index (χ0n) is 3.79.